The number of aromatic nitrogens is 3. The van der Waals surface area contributed by atoms with Gasteiger partial charge in [-0.1, -0.05) is 20.8 Å². The molecule has 0 unspecified atom stereocenters. The average Bonchev–Trinajstić information content (AvgIpc) is 2.74. The molecular weight excluding hydrogens is 460 g/mol. The molecule has 8 nitrogen and oxygen atoms in total. The molecule has 0 aliphatic heterocycles. The van der Waals surface area contributed by atoms with Crippen molar-refractivity contribution in [3.8, 4) is 0 Å². The van der Waals surface area contributed by atoms with E-state index in [-0.39, 0.29) is 29.9 Å². The van der Waals surface area contributed by atoms with Crippen LogP contribution in [-0.4, -0.2) is 26.7 Å². The number of rotatable bonds is 6. The van der Waals surface area contributed by atoms with Gasteiger partial charge in [0.15, 0.2) is 5.82 Å². The Kier molecular flexibility index (Phi) is 5.81. The summed E-state index contributed by atoms with van der Waals surface area (Å²) in [6, 6.07) is 3.88. The molecule has 3 fully saturated rings. The van der Waals surface area contributed by atoms with E-state index in [4.69, 9.17) is 5.73 Å². The number of nitrogens with one attached hydrogen (secondary N) is 2. The Labute approximate surface area is 190 Å². The van der Waals surface area contributed by atoms with Crippen LogP contribution < -0.4 is 21.9 Å². The molecular formula is C22H29BrN6O2. The van der Waals surface area contributed by atoms with E-state index in [1.165, 1.54) is 6.42 Å². The van der Waals surface area contributed by atoms with Crippen LogP contribution in [0.1, 0.15) is 39.2 Å². The number of hydrogen-bond acceptors (Lipinski definition) is 6. The van der Waals surface area contributed by atoms with E-state index in [0.717, 1.165) is 16.7 Å². The predicted octanol–water partition coefficient (Wildman–Crippen LogP) is 2.78. The zero-order chi connectivity index (χ0) is 22.3. The Bertz CT molecular complexity index is 1040. The van der Waals surface area contributed by atoms with Gasteiger partial charge < -0.3 is 16.4 Å². The summed E-state index contributed by atoms with van der Waals surface area (Å²) in [5.74, 6) is 1.72. The first-order valence-electron chi connectivity index (χ1n) is 10.7. The summed E-state index contributed by atoms with van der Waals surface area (Å²) >= 11 is 3.39. The molecule has 2 aromatic heterocycles. The first kappa shape index (κ1) is 21.8. The second kappa shape index (κ2) is 8.26. The summed E-state index contributed by atoms with van der Waals surface area (Å²) in [6.07, 6.45) is 5.65. The van der Waals surface area contributed by atoms with Gasteiger partial charge in [0.2, 0.25) is 5.91 Å². The van der Waals surface area contributed by atoms with Gasteiger partial charge in [0.05, 0.1) is 5.69 Å². The molecule has 2 bridgehead atoms. The first-order valence-corrected chi connectivity index (χ1v) is 11.5. The predicted molar refractivity (Wildman–Crippen MR) is 123 cm³/mol. The summed E-state index contributed by atoms with van der Waals surface area (Å²) in [5.41, 5.74) is 7.63. The van der Waals surface area contributed by atoms with Crippen molar-refractivity contribution in [1.29, 1.82) is 0 Å². The number of pyridine rings is 1. The average molecular weight is 489 g/mol. The van der Waals surface area contributed by atoms with Gasteiger partial charge >= 0.3 is 0 Å². The minimum absolute atomic E-state index is 0.203. The minimum Gasteiger partial charge on any atom is -0.381 e. The van der Waals surface area contributed by atoms with Gasteiger partial charge in [-0.3, -0.25) is 14.6 Å². The van der Waals surface area contributed by atoms with Crippen molar-refractivity contribution in [3.05, 3.63) is 44.9 Å². The van der Waals surface area contributed by atoms with Crippen LogP contribution in [0, 0.1) is 23.2 Å². The van der Waals surface area contributed by atoms with Crippen LogP contribution in [0.2, 0.25) is 0 Å². The monoisotopic (exact) mass is 488 g/mol. The molecule has 166 valence electrons. The Morgan fingerprint density at radius 3 is 2.68 bits per heavy atom. The SMILES string of the molecule is C[C@H]1[C@H]2C[C@H](C[C@H]1Nc1c(N)nn(CC(=O)NCc3ccncc3)c(=O)c1Br)C2(C)C. The van der Waals surface area contributed by atoms with Gasteiger partial charge in [-0.15, -0.1) is 5.10 Å². The Hall–Kier alpha value is -2.42. The number of nitrogen functional groups attached to an aromatic ring is 1. The van der Waals surface area contributed by atoms with Crippen molar-refractivity contribution in [1.82, 2.24) is 20.1 Å². The molecule has 0 spiro atoms. The molecule has 4 N–H and O–H groups in total. The largest absolute Gasteiger partial charge is 0.381 e. The van der Waals surface area contributed by atoms with Crippen LogP contribution in [0.3, 0.4) is 0 Å². The number of nitrogens with zero attached hydrogens (tertiary/aromatic N) is 3. The van der Waals surface area contributed by atoms with Crippen molar-refractivity contribution >= 4 is 33.3 Å². The lowest BCUT2D eigenvalue weighted by molar-refractivity contribution is -0.122. The normalized spacial score (nSPS) is 26.1. The highest BCUT2D eigenvalue weighted by molar-refractivity contribution is 9.10. The molecule has 0 saturated heterocycles. The van der Waals surface area contributed by atoms with Crippen LogP contribution >= 0.6 is 15.9 Å². The van der Waals surface area contributed by atoms with Gasteiger partial charge in [0.1, 0.15) is 11.0 Å². The summed E-state index contributed by atoms with van der Waals surface area (Å²) in [6.45, 7) is 7.12. The number of halogens is 1. The summed E-state index contributed by atoms with van der Waals surface area (Å²) in [7, 11) is 0. The second-order valence-corrected chi connectivity index (χ2v) is 10.2. The third-order valence-electron chi connectivity index (χ3n) is 7.34. The highest BCUT2D eigenvalue weighted by atomic mass is 79.9. The fraction of sp³-hybridized carbons (Fsp3) is 0.545. The van der Waals surface area contributed by atoms with E-state index in [0.29, 0.717) is 39.9 Å². The molecule has 0 radical (unpaired) electrons. The highest BCUT2D eigenvalue weighted by Crippen LogP contribution is 2.61. The molecule has 2 heterocycles. The Morgan fingerprint density at radius 1 is 1.32 bits per heavy atom. The molecule has 3 saturated carbocycles. The number of carbonyl (C=O) groups excluding carboxylic acids is 1. The molecule has 5 rings (SSSR count). The lowest BCUT2D eigenvalue weighted by Gasteiger charge is -2.62. The van der Waals surface area contributed by atoms with E-state index in [2.05, 4.69) is 57.4 Å². The van der Waals surface area contributed by atoms with E-state index in [1.54, 1.807) is 12.4 Å². The standard InChI is InChI=1S/C22H29BrN6O2/c1-12-15-8-14(22(15,2)3)9-16(12)27-19-18(23)21(31)29(28-20(19)24)11-17(30)26-10-13-4-6-25-7-5-13/h4-7,12,14-16,27H,8-11H2,1-3H3,(H2,24,28)(H,26,30)/t12-,14+,15+,16+/m0/s1. The van der Waals surface area contributed by atoms with Gasteiger partial charge in [0.25, 0.3) is 5.56 Å². The molecule has 3 aliphatic rings. The van der Waals surface area contributed by atoms with Crippen molar-refractivity contribution in [2.45, 2.75) is 52.7 Å². The maximum absolute atomic E-state index is 12.8. The molecule has 3 aliphatic carbocycles. The first-order chi connectivity index (χ1) is 14.7. The maximum atomic E-state index is 12.8. The zero-order valence-corrected chi connectivity index (χ0v) is 19.6. The lowest BCUT2D eigenvalue weighted by atomic mass is 9.45. The number of hydrogen-bond donors (Lipinski definition) is 3. The van der Waals surface area contributed by atoms with Gasteiger partial charge in [0, 0.05) is 25.0 Å². The molecule has 0 aromatic carbocycles. The Morgan fingerprint density at radius 2 is 2.03 bits per heavy atom. The van der Waals surface area contributed by atoms with E-state index >= 15 is 0 Å². The molecule has 4 atom stereocenters. The van der Waals surface area contributed by atoms with E-state index < -0.39 is 0 Å². The van der Waals surface area contributed by atoms with Crippen LogP contribution in [0.4, 0.5) is 11.5 Å². The van der Waals surface area contributed by atoms with Crippen LogP contribution in [-0.2, 0) is 17.9 Å². The molecule has 31 heavy (non-hydrogen) atoms. The fourth-order valence-corrected chi connectivity index (χ4v) is 5.74. The minimum atomic E-state index is -0.385. The third-order valence-corrected chi connectivity index (χ3v) is 8.08. The fourth-order valence-electron chi connectivity index (χ4n) is 5.22. The topological polar surface area (TPSA) is 115 Å². The van der Waals surface area contributed by atoms with Crippen molar-refractivity contribution in [2.24, 2.45) is 23.2 Å². The van der Waals surface area contributed by atoms with E-state index in [1.807, 2.05) is 12.1 Å². The van der Waals surface area contributed by atoms with Gasteiger partial charge in [-0.05, 0) is 69.6 Å². The maximum Gasteiger partial charge on any atom is 0.283 e. The summed E-state index contributed by atoms with van der Waals surface area (Å²) < 4.78 is 1.41. The number of anilines is 2. The quantitative estimate of drug-likeness (QED) is 0.575. The summed E-state index contributed by atoms with van der Waals surface area (Å²) in [5, 5.41) is 10.5. The van der Waals surface area contributed by atoms with Crippen LogP contribution in [0.15, 0.2) is 33.8 Å². The van der Waals surface area contributed by atoms with Crippen LogP contribution in [0.5, 0.6) is 0 Å². The highest BCUT2D eigenvalue weighted by Gasteiger charge is 2.56. The van der Waals surface area contributed by atoms with Gasteiger partial charge in [-0.2, -0.15) is 0 Å². The molecule has 9 heteroatoms. The van der Waals surface area contributed by atoms with E-state index in [9.17, 15) is 9.59 Å². The smallest absolute Gasteiger partial charge is 0.283 e. The third kappa shape index (κ3) is 4.07. The Balaban J connectivity index is 1.44. The van der Waals surface area contributed by atoms with Crippen molar-refractivity contribution in [2.75, 3.05) is 11.1 Å². The second-order valence-electron chi connectivity index (χ2n) is 9.38. The zero-order valence-electron chi connectivity index (χ0n) is 18.1. The van der Waals surface area contributed by atoms with Gasteiger partial charge in [-0.25, -0.2) is 4.68 Å². The summed E-state index contributed by atoms with van der Waals surface area (Å²) in [4.78, 5) is 29.1. The van der Waals surface area contributed by atoms with Crippen LogP contribution in [0.25, 0.3) is 0 Å². The number of fused-ring (bicyclic) bond motifs is 2. The van der Waals surface area contributed by atoms with Crippen molar-refractivity contribution < 1.29 is 4.79 Å². The number of amides is 1. The molecule has 1 amide bonds. The number of nitrogens with two attached hydrogens (primary N) is 1. The lowest BCUT2D eigenvalue weighted by Crippen LogP contribution is -2.58. The van der Waals surface area contributed by atoms with Crippen molar-refractivity contribution in [3.63, 3.8) is 0 Å². The molecule has 2 aromatic rings. The number of carbonyl (C=O) groups is 1.